The van der Waals surface area contributed by atoms with Gasteiger partial charge in [0.1, 0.15) is 0 Å². The van der Waals surface area contributed by atoms with Gasteiger partial charge in [-0.15, -0.1) is 5.10 Å². The van der Waals surface area contributed by atoms with Gasteiger partial charge < -0.3 is 10.3 Å². The van der Waals surface area contributed by atoms with Gasteiger partial charge in [-0.05, 0) is 55.1 Å². The van der Waals surface area contributed by atoms with Crippen LogP contribution in [0.3, 0.4) is 0 Å². The Balaban J connectivity index is 1.67. The first kappa shape index (κ1) is 18.8. The van der Waals surface area contributed by atoms with Crippen molar-refractivity contribution in [2.75, 3.05) is 11.6 Å². The van der Waals surface area contributed by atoms with E-state index in [4.69, 9.17) is 0 Å². The number of nitrogens with one attached hydrogen (secondary N) is 2. The van der Waals surface area contributed by atoms with Crippen LogP contribution in [0.5, 0.6) is 0 Å². The molecule has 9 nitrogen and oxygen atoms in total. The van der Waals surface area contributed by atoms with Crippen LogP contribution in [0, 0.1) is 13.8 Å². The van der Waals surface area contributed by atoms with Gasteiger partial charge in [0.05, 0.1) is 5.69 Å². The lowest BCUT2D eigenvalue weighted by Gasteiger charge is -2.09. The zero-order valence-corrected chi connectivity index (χ0v) is 16.0. The molecule has 0 aliphatic rings. The number of benzene rings is 1. The number of rotatable bonds is 6. The molecule has 1 aromatic carbocycles. The molecule has 3 aromatic rings. The summed E-state index contributed by atoms with van der Waals surface area (Å²) in [5.74, 6) is 0.461. The number of tetrazole rings is 1. The van der Waals surface area contributed by atoms with E-state index in [0.29, 0.717) is 34.3 Å². The Bertz CT molecular complexity index is 1030. The summed E-state index contributed by atoms with van der Waals surface area (Å²) in [6.07, 6.45) is 2.34. The molecule has 0 saturated heterocycles. The first-order valence-corrected chi connectivity index (χ1v) is 9.49. The number of aromatic nitrogens is 6. The number of hydrogen-bond donors (Lipinski definition) is 2. The minimum absolute atomic E-state index is 0.179. The van der Waals surface area contributed by atoms with Crippen molar-refractivity contribution in [1.29, 1.82) is 0 Å². The molecule has 2 N–H and O–H groups in total. The number of aromatic amines is 1. The van der Waals surface area contributed by atoms with E-state index in [9.17, 15) is 9.59 Å². The third-order valence-electron chi connectivity index (χ3n) is 4.00. The summed E-state index contributed by atoms with van der Waals surface area (Å²) in [7, 11) is 0. The maximum Gasteiger partial charge on any atom is 0.254 e. The van der Waals surface area contributed by atoms with E-state index in [1.807, 2.05) is 18.4 Å². The number of hydrogen-bond acceptors (Lipinski definition) is 7. The highest BCUT2D eigenvalue weighted by molar-refractivity contribution is 7.98. The van der Waals surface area contributed by atoms with Gasteiger partial charge in [-0.1, -0.05) is 17.8 Å². The third kappa shape index (κ3) is 4.40. The largest absolute Gasteiger partial charge is 0.326 e. The Morgan fingerprint density at radius 3 is 2.81 bits per heavy atom. The van der Waals surface area contributed by atoms with Crippen LogP contribution < -0.4 is 10.9 Å². The van der Waals surface area contributed by atoms with Crippen molar-refractivity contribution in [3.05, 3.63) is 51.7 Å². The number of aryl methyl sites for hydroxylation is 2. The van der Waals surface area contributed by atoms with E-state index in [0.717, 1.165) is 5.69 Å². The molecule has 0 bridgehead atoms. The lowest BCUT2D eigenvalue weighted by atomic mass is 10.1. The highest BCUT2D eigenvalue weighted by atomic mass is 32.2. The molecule has 27 heavy (non-hydrogen) atoms. The number of H-pyrrole nitrogens is 1. The fourth-order valence-corrected chi connectivity index (χ4v) is 3.05. The van der Waals surface area contributed by atoms with E-state index in [1.165, 1.54) is 11.8 Å². The molecule has 0 atom stereocenters. The molecule has 10 heteroatoms. The van der Waals surface area contributed by atoms with Crippen LogP contribution in [0.4, 0.5) is 5.69 Å². The van der Waals surface area contributed by atoms with Crippen molar-refractivity contribution in [3.63, 3.8) is 0 Å². The highest BCUT2D eigenvalue weighted by Crippen LogP contribution is 2.15. The van der Waals surface area contributed by atoms with Crippen LogP contribution in [0.15, 0.2) is 34.2 Å². The predicted molar refractivity (Wildman–Crippen MR) is 102 cm³/mol. The summed E-state index contributed by atoms with van der Waals surface area (Å²) in [6.45, 7) is 3.57. The van der Waals surface area contributed by atoms with Crippen LogP contribution in [-0.4, -0.2) is 42.3 Å². The minimum atomic E-state index is -0.198. The molecule has 0 spiro atoms. The summed E-state index contributed by atoms with van der Waals surface area (Å²) in [6, 6.07) is 7.23. The lowest BCUT2D eigenvalue weighted by molar-refractivity contribution is -0.116. The molecule has 0 saturated carbocycles. The lowest BCUT2D eigenvalue weighted by Crippen LogP contribution is -2.20. The molecular weight excluding hydrogens is 366 g/mol. The molecule has 0 fully saturated rings. The summed E-state index contributed by atoms with van der Waals surface area (Å²) >= 11 is 1.37. The molecule has 0 aliphatic heterocycles. The molecule has 0 radical (unpaired) electrons. The van der Waals surface area contributed by atoms with Gasteiger partial charge in [0, 0.05) is 23.4 Å². The van der Waals surface area contributed by atoms with E-state index in [-0.39, 0.29) is 17.9 Å². The number of carbonyl (C=O) groups excluding carboxylic acids is 1. The van der Waals surface area contributed by atoms with Crippen LogP contribution in [-0.2, 0) is 11.2 Å². The average molecular weight is 385 g/mol. The normalized spacial score (nSPS) is 10.8. The van der Waals surface area contributed by atoms with Crippen LogP contribution in [0.2, 0.25) is 0 Å². The fraction of sp³-hybridized carbons (Fsp3) is 0.294. The van der Waals surface area contributed by atoms with Crippen molar-refractivity contribution in [3.8, 4) is 5.69 Å². The fourth-order valence-electron chi connectivity index (χ4n) is 2.62. The molecule has 1 amide bonds. The summed E-state index contributed by atoms with van der Waals surface area (Å²) in [4.78, 5) is 31.5. The van der Waals surface area contributed by atoms with Crippen LogP contribution in [0.25, 0.3) is 5.69 Å². The number of thioether (sulfide) groups is 1. The van der Waals surface area contributed by atoms with Crippen molar-refractivity contribution in [2.24, 2.45) is 0 Å². The Morgan fingerprint density at radius 2 is 2.15 bits per heavy atom. The number of carbonyl (C=O) groups is 1. The maximum atomic E-state index is 12.3. The predicted octanol–water partition coefficient (Wildman–Crippen LogP) is 1.66. The Morgan fingerprint density at radius 1 is 1.33 bits per heavy atom. The smallest absolute Gasteiger partial charge is 0.254 e. The monoisotopic (exact) mass is 385 g/mol. The minimum Gasteiger partial charge on any atom is -0.326 e. The number of nitrogens with zero attached hydrogens (tertiary/aromatic N) is 5. The zero-order valence-electron chi connectivity index (χ0n) is 15.2. The first-order chi connectivity index (χ1) is 13.0. The van der Waals surface area contributed by atoms with E-state index in [1.54, 1.807) is 30.7 Å². The second-order valence-electron chi connectivity index (χ2n) is 5.88. The van der Waals surface area contributed by atoms with Gasteiger partial charge in [0.25, 0.3) is 5.56 Å². The molecule has 0 unspecified atom stereocenters. The molecule has 140 valence electrons. The van der Waals surface area contributed by atoms with E-state index in [2.05, 4.69) is 30.8 Å². The number of anilines is 1. The maximum absolute atomic E-state index is 12.3. The molecule has 2 heterocycles. The third-order valence-corrected chi connectivity index (χ3v) is 4.58. The molecule has 2 aromatic heterocycles. The van der Waals surface area contributed by atoms with Crippen molar-refractivity contribution in [1.82, 2.24) is 30.2 Å². The summed E-state index contributed by atoms with van der Waals surface area (Å²) in [5.41, 5.74) is 2.36. The van der Waals surface area contributed by atoms with E-state index >= 15 is 0 Å². The van der Waals surface area contributed by atoms with Gasteiger partial charge in [0.15, 0.2) is 11.0 Å². The molecule has 0 aliphatic carbocycles. The van der Waals surface area contributed by atoms with Crippen molar-refractivity contribution in [2.45, 2.75) is 31.8 Å². The highest BCUT2D eigenvalue weighted by Gasteiger charge is 2.11. The van der Waals surface area contributed by atoms with Crippen LogP contribution >= 0.6 is 11.8 Å². The van der Waals surface area contributed by atoms with Crippen molar-refractivity contribution >= 4 is 23.4 Å². The summed E-state index contributed by atoms with van der Waals surface area (Å²) in [5, 5.41) is 14.8. The van der Waals surface area contributed by atoms with Gasteiger partial charge >= 0.3 is 0 Å². The SMILES string of the molecule is CSc1nc(C)c(CCC(=O)Nc2cccc(-n3nnnc3C)c2)c(=O)[nH]1. The van der Waals surface area contributed by atoms with Gasteiger partial charge in [0.2, 0.25) is 5.91 Å². The quantitative estimate of drug-likeness (QED) is 0.489. The van der Waals surface area contributed by atoms with Crippen LogP contribution in [0.1, 0.15) is 23.5 Å². The van der Waals surface area contributed by atoms with E-state index < -0.39 is 0 Å². The second kappa shape index (κ2) is 8.12. The first-order valence-electron chi connectivity index (χ1n) is 8.27. The van der Waals surface area contributed by atoms with Gasteiger partial charge in [-0.2, -0.15) is 4.68 Å². The topological polar surface area (TPSA) is 118 Å². The van der Waals surface area contributed by atoms with Gasteiger partial charge in [-0.3, -0.25) is 9.59 Å². The standard InChI is InChI=1S/C17H19N7O2S/c1-10-14(16(26)20-17(18-10)27-3)7-8-15(25)19-12-5-4-6-13(9-12)24-11(2)21-22-23-24/h4-6,9H,7-8H2,1-3H3,(H,19,25)(H,18,20,26). The zero-order chi connectivity index (χ0) is 19.4. The molecule has 3 rings (SSSR count). The Labute approximate surface area is 159 Å². The number of amides is 1. The summed E-state index contributed by atoms with van der Waals surface area (Å²) < 4.78 is 1.58. The average Bonchev–Trinajstić information content (AvgIpc) is 3.07. The second-order valence-corrected chi connectivity index (χ2v) is 6.67. The Kier molecular flexibility index (Phi) is 5.65. The Hall–Kier alpha value is -3.01. The van der Waals surface area contributed by atoms with Crippen molar-refractivity contribution < 1.29 is 4.79 Å². The van der Waals surface area contributed by atoms with Gasteiger partial charge in [-0.25, -0.2) is 4.98 Å². The molecular formula is C17H19N7O2S.